The SMILES string of the molecule is CS(=O)(=O)O.O=C1c2cc([N+](=O)[O-])cc3c2c(cc2cccnc23)C(=O)N1CCCNCCN1C(=O)c2cc([N+](=O)[O-])cc3c2c(cc2cccnc23)C1=O. The Hall–Kier alpha value is -6.83. The van der Waals surface area contributed by atoms with Gasteiger partial charge in [-0.25, -0.2) is 0 Å². The number of amides is 4. The lowest BCUT2D eigenvalue weighted by atomic mass is 9.91. The molecule has 6 aromatic rings. The molecule has 278 valence electrons. The largest absolute Gasteiger partial charge is 0.315 e. The standard InChI is InChI=1S/C35H23N7O8.CH4O3S/c43-32-24-12-18-4-1-7-37-30(18)22-14-20(41(47)48)16-26(28(22)24)34(45)39(32)10-3-6-36-9-11-40-33(44)25-13-19-5-2-8-38-31(19)23-15-21(42(49)50)17-27(29(23)25)35(40)46;1-5(2,3)4/h1-2,4-5,7-8,12-17,36H,3,6,9-11H2;1H3,(H,2,3,4). The number of non-ortho nitro benzene ring substituents is 2. The van der Waals surface area contributed by atoms with Crippen molar-refractivity contribution in [2.45, 2.75) is 6.42 Å². The van der Waals surface area contributed by atoms with Crippen molar-refractivity contribution in [3.05, 3.63) is 116 Å². The van der Waals surface area contributed by atoms with Crippen LogP contribution in [0.2, 0.25) is 0 Å². The molecule has 4 aromatic carbocycles. The van der Waals surface area contributed by atoms with E-state index in [1.165, 1.54) is 36.7 Å². The number of carbonyl (C=O) groups is 4. The summed E-state index contributed by atoms with van der Waals surface area (Å²) >= 11 is 0. The average molecular weight is 766 g/mol. The molecule has 4 amide bonds. The second-order valence-electron chi connectivity index (χ2n) is 12.7. The van der Waals surface area contributed by atoms with Crippen molar-refractivity contribution in [3.8, 4) is 0 Å². The van der Waals surface area contributed by atoms with Crippen molar-refractivity contribution < 1.29 is 42.0 Å². The van der Waals surface area contributed by atoms with Crippen molar-refractivity contribution in [1.29, 1.82) is 0 Å². The molecule has 2 N–H and O–H groups in total. The molecule has 2 aliphatic rings. The number of hydrogen-bond donors (Lipinski definition) is 2. The fraction of sp³-hybridized carbons (Fsp3) is 0.167. The van der Waals surface area contributed by atoms with E-state index in [0.717, 1.165) is 9.80 Å². The first-order valence-corrected chi connectivity index (χ1v) is 18.3. The number of nitro groups is 2. The highest BCUT2D eigenvalue weighted by Gasteiger charge is 2.37. The van der Waals surface area contributed by atoms with Gasteiger partial charge in [-0.3, -0.25) is 63.7 Å². The van der Waals surface area contributed by atoms with E-state index in [1.54, 1.807) is 36.4 Å². The normalized spacial score (nSPS) is 13.9. The van der Waals surface area contributed by atoms with E-state index in [-0.39, 0.29) is 53.3 Å². The molecule has 0 unspecified atom stereocenters. The van der Waals surface area contributed by atoms with Gasteiger partial charge in [-0.1, -0.05) is 12.1 Å². The van der Waals surface area contributed by atoms with Crippen LogP contribution in [0.3, 0.4) is 0 Å². The summed E-state index contributed by atoms with van der Waals surface area (Å²) in [5, 5.41) is 29.2. The van der Waals surface area contributed by atoms with Crippen LogP contribution in [0.25, 0.3) is 43.4 Å². The smallest absolute Gasteiger partial charge is 0.270 e. The van der Waals surface area contributed by atoms with Gasteiger partial charge in [0.05, 0.1) is 38.3 Å². The molecule has 2 aliphatic heterocycles. The van der Waals surface area contributed by atoms with Crippen molar-refractivity contribution >= 4 is 88.5 Å². The van der Waals surface area contributed by atoms with Gasteiger partial charge >= 0.3 is 0 Å². The summed E-state index contributed by atoms with van der Waals surface area (Å²) in [5.74, 6) is -2.38. The van der Waals surface area contributed by atoms with Gasteiger partial charge in [0.15, 0.2) is 0 Å². The Kier molecular flexibility index (Phi) is 9.21. The fourth-order valence-electron chi connectivity index (χ4n) is 6.92. The molecule has 19 heteroatoms. The van der Waals surface area contributed by atoms with E-state index < -0.39 is 43.6 Å². The van der Waals surface area contributed by atoms with Gasteiger partial charge in [0, 0.05) is 99.7 Å². The zero-order valence-corrected chi connectivity index (χ0v) is 29.4. The number of rotatable bonds is 9. The fourth-order valence-corrected chi connectivity index (χ4v) is 6.92. The Morgan fingerprint density at radius 1 is 0.673 bits per heavy atom. The van der Waals surface area contributed by atoms with Crippen LogP contribution in [0, 0.1) is 20.2 Å². The molecule has 18 nitrogen and oxygen atoms in total. The van der Waals surface area contributed by atoms with Crippen LogP contribution in [0.4, 0.5) is 11.4 Å². The third kappa shape index (κ3) is 6.66. The number of nitro benzene ring substituents is 2. The first kappa shape index (κ1) is 36.5. The van der Waals surface area contributed by atoms with Gasteiger partial charge in [0.2, 0.25) is 0 Å². The quantitative estimate of drug-likeness (QED) is 0.0520. The molecule has 0 aliphatic carbocycles. The molecule has 0 atom stereocenters. The number of nitrogens with one attached hydrogen (secondary N) is 1. The highest BCUT2D eigenvalue weighted by atomic mass is 32.2. The Balaban J connectivity index is 0.000000875. The van der Waals surface area contributed by atoms with E-state index in [1.807, 2.05) is 0 Å². The minimum atomic E-state index is -3.67. The van der Waals surface area contributed by atoms with Crippen molar-refractivity contribution in [3.63, 3.8) is 0 Å². The Morgan fingerprint density at radius 3 is 1.49 bits per heavy atom. The molecule has 0 radical (unpaired) electrons. The first-order chi connectivity index (χ1) is 26.1. The minimum Gasteiger partial charge on any atom is -0.315 e. The maximum atomic E-state index is 13.6. The molecule has 0 saturated heterocycles. The van der Waals surface area contributed by atoms with Gasteiger partial charge in [-0.2, -0.15) is 8.42 Å². The topological polar surface area (TPSA) is 253 Å². The maximum Gasteiger partial charge on any atom is 0.270 e. The summed E-state index contributed by atoms with van der Waals surface area (Å²) in [5.41, 5.74) is 0.886. The molecular weight excluding hydrogens is 739 g/mol. The molecule has 8 rings (SSSR count). The van der Waals surface area contributed by atoms with Crippen LogP contribution in [-0.2, 0) is 10.1 Å². The minimum absolute atomic E-state index is 0.00109. The van der Waals surface area contributed by atoms with Gasteiger partial charge in [0.25, 0.3) is 45.1 Å². The molecule has 0 spiro atoms. The van der Waals surface area contributed by atoms with Gasteiger partial charge < -0.3 is 5.32 Å². The summed E-state index contributed by atoms with van der Waals surface area (Å²) < 4.78 is 25.9. The van der Waals surface area contributed by atoms with Crippen LogP contribution in [0.5, 0.6) is 0 Å². The summed E-state index contributed by atoms with van der Waals surface area (Å²) in [6.07, 6.45) is 4.09. The Bertz CT molecular complexity index is 2640. The highest BCUT2D eigenvalue weighted by molar-refractivity contribution is 7.85. The molecular formula is C36H27N7O11S. The monoisotopic (exact) mass is 765 g/mol. The van der Waals surface area contributed by atoms with E-state index in [4.69, 9.17) is 4.55 Å². The summed E-state index contributed by atoms with van der Waals surface area (Å²) in [6, 6.07) is 15.1. The maximum absolute atomic E-state index is 13.6. The number of carbonyl (C=O) groups excluding carboxylic acids is 4. The number of aromatic nitrogens is 2. The number of fused-ring (bicyclic) bond motifs is 4. The second kappa shape index (κ2) is 13.9. The molecule has 0 fully saturated rings. The zero-order valence-electron chi connectivity index (χ0n) is 28.6. The molecule has 2 aromatic heterocycles. The summed E-state index contributed by atoms with van der Waals surface area (Å²) in [7, 11) is -3.67. The van der Waals surface area contributed by atoms with Crippen LogP contribution < -0.4 is 5.32 Å². The van der Waals surface area contributed by atoms with Gasteiger partial charge in [0.1, 0.15) is 0 Å². The number of hydrogen-bond acceptors (Lipinski definition) is 13. The number of pyridine rings is 2. The average Bonchev–Trinajstić information content (AvgIpc) is 3.14. The lowest BCUT2D eigenvalue weighted by Crippen LogP contribution is -2.44. The van der Waals surface area contributed by atoms with Crippen LogP contribution in [0.1, 0.15) is 47.9 Å². The highest BCUT2D eigenvalue weighted by Crippen LogP contribution is 2.39. The van der Waals surface area contributed by atoms with Crippen LogP contribution >= 0.6 is 0 Å². The predicted molar refractivity (Wildman–Crippen MR) is 198 cm³/mol. The number of benzene rings is 4. The lowest BCUT2D eigenvalue weighted by Gasteiger charge is -2.28. The molecule has 4 heterocycles. The summed E-state index contributed by atoms with van der Waals surface area (Å²) in [4.78, 5) is 87.4. The molecule has 55 heavy (non-hydrogen) atoms. The van der Waals surface area contributed by atoms with Crippen LogP contribution in [0.15, 0.2) is 73.1 Å². The summed E-state index contributed by atoms with van der Waals surface area (Å²) in [6.45, 7) is 0.407. The second-order valence-corrected chi connectivity index (χ2v) is 14.2. The van der Waals surface area contributed by atoms with E-state index in [2.05, 4.69) is 15.3 Å². The van der Waals surface area contributed by atoms with E-state index in [0.29, 0.717) is 62.6 Å². The third-order valence-corrected chi connectivity index (χ3v) is 9.14. The van der Waals surface area contributed by atoms with Crippen molar-refractivity contribution in [2.75, 3.05) is 32.4 Å². The number of nitrogens with zero attached hydrogens (tertiary/aromatic N) is 6. The van der Waals surface area contributed by atoms with E-state index in [9.17, 15) is 47.8 Å². The Labute approximate surface area is 309 Å². The van der Waals surface area contributed by atoms with Crippen molar-refractivity contribution in [2.24, 2.45) is 0 Å². The number of imide groups is 2. The van der Waals surface area contributed by atoms with Gasteiger partial charge in [-0.15, -0.1) is 0 Å². The molecule has 0 bridgehead atoms. The molecule has 0 saturated carbocycles. The lowest BCUT2D eigenvalue weighted by molar-refractivity contribution is -0.384. The van der Waals surface area contributed by atoms with Crippen molar-refractivity contribution in [1.82, 2.24) is 25.1 Å². The predicted octanol–water partition coefficient (Wildman–Crippen LogP) is 4.28. The Morgan fingerprint density at radius 2 is 1.07 bits per heavy atom. The van der Waals surface area contributed by atoms with E-state index >= 15 is 0 Å². The third-order valence-electron chi connectivity index (χ3n) is 9.14. The van der Waals surface area contributed by atoms with Crippen LogP contribution in [-0.4, -0.2) is 98.6 Å². The van der Waals surface area contributed by atoms with Gasteiger partial charge in [-0.05, 0) is 37.2 Å². The first-order valence-electron chi connectivity index (χ1n) is 16.5. The zero-order chi connectivity index (χ0) is 39.3.